The van der Waals surface area contributed by atoms with Crippen molar-refractivity contribution in [3.63, 3.8) is 0 Å². The first-order valence-corrected chi connectivity index (χ1v) is 11.1. The van der Waals surface area contributed by atoms with Crippen molar-refractivity contribution in [1.82, 2.24) is 20.2 Å². The van der Waals surface area contributed by atoms with Crippen molar-refractivity contribution in [3.05, 3.63) is 90.5 Å². The summed E-state index contributed by atoms with van der Waals surface area (Å²) in [4.78, 5) is 9.65. The minimum atomic E-state index is 0.673. The predicted octanol–water partition coefficient (Wildman–Crippen LogP) is 5.91. The van der Waals surface area contributed by atoms with E-state index in [0.29, 0.717) is 6.54 Å². The van der Waals surface area contributed by atoms with Crippen LogP contribution in [-0.4, -0.2) is 20.2 Å². The second-order valence-corrected chi connectivity index (χ2v) is 8.76. The van der Waals surface area contributed by atoms with Crippen LogP contribution < -0.4 is 5.32 Å². The number of aromatic nitrogens is 4. The average Bonchev–Trinajstić information content (AvgIpc) is 3.27. The molecule has 2 aromatic heterocycles. The highest BCUT2D eigenvalue weighted by atomic mass is 32.2. The number of fused-ring (bicyclic) bond motifs is 1. The summed E-state index contributed by atoms with van der Waals surface area (Å²) in [5.74, 6) is 0.749. The Bertz CT molecular complexity index is 1270. The Morgan fingerprint density at radius 1 is 0.733 bits per heavy atom. The zero-order valence-corrected chi connectivity index (χ0v) is 17.5. The van der Waals surface area contributed by atoms with E-state index in [-0.39, 0.29) is 0 Å². The van der Waals surface area contributed by atoms with Crippen LogP contribution in [0.5, 0.6) is 0 Å². The van der Waals surface area contributed by atoms with Gasteiger partial charge in [0.15, 0.2) is 10.2 Å². The Morgan fingerprint density at radius 2 is 1.40 bits per heavy atom. The summed E-state index contributed by atoms with van der Waals surface area (Å²) in [6, 6.07) is 28.2. The molecule has 0 aliphatic heterocycles. The van der Waals surface area contributed by atoms with E-state index in [1.165, 1.54) is 17.3 Å². The van der Waals surface area contributed by atoms with Gasteiger partial charge in [-0.15, -0.1) is 10.2 Å². The van der Waals surface area contributed by atoms with E-state index >= 15 is 0 Å². The molecule has 0 unspecified atom stereocenters. The molecule has 0 amide bonds. The molecule has 0 radical (unpaired) electrons. The molecule has 0 spiro atoms. The van der Waals surface area contributed by atoms with Crippen LogP contribution in [0, 0.1) is 0 Å². The molecule has 0 aliphatic carbocycles. The van der Waals surface area contributed by atoms with Gasteiger partial charge in [0.05, 0.1) is 11.0 Å². The zero-order chi connectivity index (χ0) is 20.2. The van der Waals surface area contributed by atoms with Gasteiger partial charge in [0.25, 0.3) is 0 Å². The van der Waals surface area contributed by atoms with Crippen molar-refractivity contribution in [3.8, 4) is 10.6 Å². The highest BCUT2D eigenvalue weighted by Crippen LogP contribution is 2.36. The normalized spacial score (nSPS) is 10.9. The SMILES string of the molecule is c1ccc(CNc2nc3ccccc3nc2Sc2nnc(-c3ccccc3)s2)cc1. The number of nitrogens with one attached hydrogen (secondary N) is 1. The van der Waals surface area contributed by atoms with Gasteiger partial charge >= 0.3 is 0 Å². The van der Waals surface area contributed by atoms with Crippen molar-refractivity contribution in [2.24, 2.45) is 0 Å². The highest BCUT2D eigenvalue weighted by molar-refractivity contribution is 8.01. The Balaban J connectivity index is 1.45. The molecule has 146 valence electrons. The Kier molecular flexibility index (Phi) is 5.37. The first-order valence-electron chi connectivity index (χ1n) is 9.46. The van der Waals surface area contributed by atoms with Crippen LogP contribution >= 0.6 is 23.1 Å². The van der Waals surface area contributed by atoms with E-state index in [9.17, 15) is 0 Å². The largest absolute Gasteiger partial charge is 0.364 e. The number of hydrogen-bond donors (Lipinski definition) is 1. The van der Waals surface area contributed by atoms with E-state index in [1.54, 1.807) is 11.3 Å². The third-order valence-electron chi connectivity index (χ3n) is 4.45. The summed E-state index contributed by atoms with van der Waals surface area (Å²) >= 11 is 3.04. The quantitative estimate of drug-likeness (QED) is 0.363. The molecule has 1 N–H and O–H groups in total. The molecule has 0 fully saturated rings. The lowest BCUT2D eigenvalue weighted by Crippen LogP contribution is -2.04. The summed E-state index contributed by atoms with van der Waals surface area (Å²) in [7, 11) is 0. The van der Waals surface area contributed by atoms with E-state index in [0.717, 1.165) is 36.8 Å². The number of nitrogens with zero attached hydrogens (tertiary/aromatic N) is 4. The lowest BCUT2D eigenvalue weighted by atomic mass is 10.2. The zero-order valence-electron chi connectivity index (χ0n) is 15.9. The van der Waals surface area contributed by atoms with Crippen molar-refractivity contribution < 1.29 is 0 Å². The molecule has 7 heteroatoms. The monoisotopic (exact) mass is 427 g/mol. The molecular formula is C23H17N5S2. The molecule has 0 saturated carbocycles. The van der Waals surface area contributed by atoms with Gasteiger partial charge in [-0.3, -0.25) is 0 Å². The lowest BCUT2D eigenvalue weighted by molar-refractivity contribution is 1.00. The van der Waals surface area contributed by atoms with Crippen molar-refractivity contribution >= 4 is 39.9 Å². The summed E-state index contributed by atoms with van der Waals surface area (Å²) in [5.41, 5.74) is 3.97. The molecule has 2 heterocycles. The summed E-state index contributed by atoms with van der Waals surface area (Å²) in [6.07, 6.45) is 0. The maximum atomic E-state index is 4.84. The maximum Gasteiger partial charge on any atom is 0.181 e. The maximum absolute atomic E-state index is 4.84. The summed E-state index contributed by atoms with van der Waals surface area (Å²) in [5, 5.41) is 13.8. The van der Waals surface area contributed by atoms with E-state index < -0.39 is 0 Å². The fraction of sp³-hybridized carbons (Fsp3) is 0.0435. The predicted molar refractivity (Wildman–Crippen MR) is 123 cm³/mol. The average molecular weight is 428 g/mol. The van der Waals surface area contributed by atoms with Crippen LogP contribution in [0.4, 0.5) is 5.82 Å². The fourth-order valence-electron chi connectivity index (χ4n) is 2.98. The third kappa shape index (κ3) is 4.17. The topological polar surface area (TPSA) is 63.6 Å². The minimum Gasteiger partial charge on any atom is -0.364 e. The lowest BCUT2D eigenvalue weighted by Gasteiger charge is -2.10. The fourth-order valence-corrected chi connectivity index (χ4v) is 4.81. The van der Waals surface area contributed by atoms with E-state index in [1.807, 2.05) is 72.8 Å². The first kappa shape index (κ1) is 18.7. The Hall–Kier alpha value is -3.29. The Morgan fingerprint density at radius 3 is 2.17 bits per heavy atom. The minimum absolute atomic E-state index is 0.673. The third-order valence-corrected chi connectivity index (χ3v) is 6.45. The van der Waals surface area contributed by atoms with Crippen LogP contribution in [-0.2, 0) is 6.54 Å². The van der Waals surface area contributed by atoms with Gasteiger partial charge < -0.3 is 5.32 Å². The van der Waals surface area contributed by atoms with Crippen molar-refractivity contribution in [2.45, 2.75) is 15.9 Å². The summed E-state index contributed by atoms with van der Waals surface area (Å²) in [6.45, 7) is 0.673. The molecule has 30 heavy (non-hydrogen) atoms. The van der Waals surface area contributed by atoms with Gasteiger partial charge in [-0.25, -0.2) is 9.97 Å². The second kappa shape index (κ2) is 8.61. The number of hydrogen-bond acceptors (Lipinski definition) is 7. The molecule has 5 nitrogen and oxygen atoms in total. The van der Waals surface area contributed by atoms with Gasteiger partial charge in [-0.05, 0) is 29.5 Å². The van der Waals surface area contributed by atoms with Crippen LogP contribution in [0.1, 0.15) is 5.56 Å². The molecule has 0 saturated heterocycles. The number of benzene rings is 3. The van der Waals surface area contributed by atoms with Crippen molar-refractivity contribution in [1.29, 1.82) is 0 Å². The van der Waals surface area contributed by atoms with Gasteiger partial charge in [0, 0.05) is 12.1 Å². The van der Waals surface area contributed by atoms with Gasteiger partial charge in [0.1, 0.15) is 10.0 Å². The molecule has 0 atom stereocenters. The molecule has 3 aromatic carbocycles. The van der Waals surface area contributed by atoms with Gasteiger partial charge in [-0.1, -0.05) is 84.1 Å². The molecular weight excluding hydrogens is 410 g/mol. The highest BCUT2D eigenvalue weighted by Gasteiger charge is 2.14. The number of para-hydroxylation sites is 2. The van der Waals surface area contributed by atoms with Crippen LogP contribution in [0.15, 0.2) is 94.3 Å². The number of rotatable bonds is 6. The van der Waals surface area contributed by atoms with E-state index in [2.05, 4.69) is 27.6 Å². The van der Waals surface area contributed by atoms with Crippen LogP contribution in [0.2, 0.25) is 0 Å². The standard InChI is InChI=1S/C23H17N5S2/c1-3-9-16(10-4-1)15-24-20-22(26-19-14-8-7-13-18(19)25-20)30-23-28-27-21(29-23)17-11-5-2-6-12-17/h1-14H,15H2,(H,24,25). The van der Waals surface area contributed by atoms with Crippen LogP contribution in [0.3, 0.4) is 0 Å². The van der Waals surface area contributed by atoms with Crippen molar-refractivity contribution in [2.75, 3.05) is 5.32 Å². The smallest absolute Gasteiger partial charge is 0.181 e. The van der Waals surface area contributed by atoms with E-state index in [4.69, 9.17) is 9.97 Å². The summed E-state index contributed by atoms with van der Waals surface area (Å²) < 4.78 is 0.834. The van der Waals surface area contributed by atoms with Crippen LogP contribution in [0.25, 0.3) is 21.6 Å². The first-order chi connectivity index (χ1) is 14.8. The molecule has 0 aliphatic rings. The van der Waals surface area contributed by atoms with Gasteiger partial charge in [-0.2, -0.15) is 0 Å². The molecule has 0 bridgehead atoms. The molecule has 5 aromatic rings. The van der Waals surface area contributed by atoms with Gasteiger partial charge in [0.2, 0.25) is 0 Å². The Labute approximate surface area is 182 Å². The molecule has 5 rings (SSSR count). The second-order valence-electron chi connectivity index (χ2n) is 6.55. The number of anilines is 1.